The lowest BCUT2D eigenvalue weighted by molar-refractivity contribution is -0.134. The number of rotatable bonds is 5. The van der Waals surface area contributed by atoms with E-state index in [4.69, 9.17) is 0 Å². The number of nitrogens with one attached hydrogen (secondary N) is 2. The van der Waals surface area contributed by atoms with Crippen LogP contribution in [0, 0.1) is 11.3 Å². The molecule has 1 aromatic heterocycles. The minimum atomic E-state index is -0.707. The van der Waals surface area contributed by atoms with E-state index in [1.807, 2.05) is 6.92 Å². The van der Waals surface area contributed by atoms with E-state index in [-0.39, 0.29) is 11.9 Å². The number of aliphatic hydroxyl groups is 1. The van der Waals surface area contributed by atoms with Crippen molar-refractivity contribution in [2.75, 3.05) is 24.7 Å². The number of anilines is 2. The normalized spacial score (nSPS) is 26.2. The van der Waals surface area contributed by atoms with Gasteiger partial charge in [0.1, 0.15) is 23.0 Å². The number of nitriles is 1. The third-order valence-corrected chi connectivity index (χ3v) is 6.08. The quantitative estimate of drug-likeness (QED) is 0.696. The van der Waals surface area contributed by atoms with Gasteiger partial charge in [-0.05, 0) is 45.4 Å². The molecule has 2 aliphatic rings. The fraction of sp³-hybridized carbons (Fsp3) is 0.714. The van der Waals surface area contributed by atoms with Gasteiger partial charge in [-0.15, -0.1) is 0 Å². The number of carbonyl (C=O) groups is 1. The molecule has 2 aliphatic carbocycles. The Morgan fingerprint density at radius 3 is 2.62 bits per heavy atom. The second kappa shape index (κ2) is 8.54. The minimum Gasteiger partial charge on any atom is -0.390 e. The third-order valence-electron chi connectivity index (χ3n) is 6.08. The Balaban J connectivity index is 1.84. The molecule has 0 spiro atoms. The Morgan fingerprint density at radius 2 is 2.00 bits per heavy atom. The second-order valence-corrected chi connectivity index (χ2v) is 8.97. The molecule has 0 radical (unpaired) electrons. The maximum absolute atomic E-state index is 12.9. The van der Waals surface area contributed by atoms with Crippen LogP contribution in [0.15, 0.2) is 6.20 Å². The Kier molecular flexibility index (Phi) is 6.27. The summed E-state index contributed by atoms with van der Waals surface area (Å²) >= 11 is 0. The van der Waals surface area contributed by atoms with E-state index in [2.05, 4.69) is 26.7 Å². The van der Waals surface area contributed by atoms with Crippen molar-refractivity contribution in [3.63, 3.8) is 0 Å². The lowest BCUT2D eigenvalue weighted by atomic mass is 9.80. The molecule has 0 saturated heterocycles. The molecule has 2 fully saturated rings. The predicted molar refractivity (Wildman–Crippen MR) is 111 cm³/mol. The standard InChI is InChI=1S/C21H32N6O2/c1-20(29)9-7-8-16(12-20)24-17-15(13-22)14-23-19(25-17)26-21(18(28)27(2)3)10-5-4-6-11-21/h14,16,29H,4-12H2,1-3H3,(H2,23,24,25,26)/t16-,20-/m1/s1. The number of aromatic nitrogens is 2. The highest BCUT2D eigenvalue weighted by atomic mass is 16.3. The molecular formula is C21H32N6O2. The van der Waals surface area contributed by atoms with Crippen molar-refractivity contribution in [2.45, 2.75) is 81.9 Å². The monoisotopic (exact) mass is 400 g/mol. The summed E-state index contributed by atoms with van der Waals surface area (Å²) in [6.07, 6.45) is 9.26. The van der Waals surface area contributed by atoms with Crippen molar-refractivity contribution in [1.82, 2.24) is 14.9 Å². The molecule has 3 N–H and O–H groups in total. The van der Waals surface area contributed by atoms with Crippen LogP contribution in [0.1, 0.15) is 70.3 Å². The number of likely N-dealkylation sites (N-methyl/N-ethyl adjacent to an activating group) is 1. The van der Waals surface area contributed by atoms with Crippen LogP contribution in [-0.4, -0.2) is 57.2 Å². The smallest absolute Gasteiger partial charge is 0.247 e. The lowest BCUT2D eigenvalue weighted by Crippen LogP contribution is -2.53. The van der Waals surface area contributed by atoms with Crippen LogP contribution in [0.4, 0.5) is 11.8 Å². The van der Waals surface area contributed by atoms with Gasteiger partial charge in [-0.1, -0.05) is 19.3 Å². The van der Waals surface area contributed by atoms with E-state index in [0.717, 1.165) is 51.4 Å². The summed E-state index contributed by atoms with van der Waals surface area (Å²) < 4.78 is 0. The maximum atomic E-state index is 12.9. The van der Waals surface area contributed by atoms with Gasteiger partial charge in [-0.2, -0.15) is 10.2 Å². The highest BCUT2D eigenvalue weighted by Crippen LogP contribution is 2.33. The van der Waals surface area contributed by atoms with Crippen LogP contribution in [0.3, 0.4) is 0 Å². The van der Waals surface area contributed by atoms with Gasteiger partial charge in [-0.3, -0.25) is 4.79 Å². The van der Waals surface area contributed by atoms with E-state index in [1.165, 1.54) is 6.20 Å². The molecule has 0 bridgehead atoms. The zero-order valence-corrected chi connectivity index (χ0v) is 17.7. The number of hydrogen-bond acceptors (Lipinski definition) is 7. The van der Waals surface area contributed by atoms with Gasteiger partial charge in [0.2, 0.25) is 11.9 Å². The summed E-state index contributed by atoms with van der Waals surface area (Å²) in [5.74, 6) is 0.838. The Hall–Kier alpha value is -2.40. The molecule has 0 aromatic carbocycles. The summed E-state index contributed by atoms with van der Waals surface area (Å²) in [6, 6.07) is 2.18. The third kappa shape index (κ3) is 4.96. The van der Waals surface area contributed by atoms with Crippen LogP contribution in [-0.2, 0) is 4.79 Å². The Bertz CT molecular complexity index is 780. The van der Waals surface area contributed by atoms with E-state index < -0.39 is 11.1 Å². The van der Waals surface area contributed by atoms with Crippen molar-refractivity contribution in [3.8, 4) is 6.07 Å². The van der Waals surface area contributed by atoms with Crippen LogP contribution in [0.5, 0.6) is 0 Å². The van der Waals surface area contributed by atoms with Crippen LogP contribution < -0.4 is 10.6 Å². The number of nitrogens with zero attached hydrogens (tertiary/aromatic N) is 4. The minimum absolute atomic E-state index is 0.0306. The fourth-order valence-corrected chi connectivity index (χ4v) is 4.60. The van der Waals surface area contributed by atoms with Gasteiger partial charge in [0.05, 0.1) is 11.8 Å². The highest BCUT2D eigenvalue weighted by molar-refractivity contribution is 5.88. The Labute approximate surface area is 172 Å². The SMILES string of the molecule is CN(C)C(=O)C1(Nc2ncc(C#N)c(N[C@@H]3CCC[C@@](C)(O)C3)n2)CCCCC1. The molecule has 8 heteroatoms. The first-order chi connectivity index (χ1) is 13.7. The van der Waals surface area contributed by atoms with Gasteiger partial charge in [0, 0.05) is 20.1 Å². The molecular weight excluding hydrogens is 368 g/mol. The van der Waals surface area contributed by atoms with Crippen molar-refractivity contribution in [3.05, 3.63) is 11.8 Å². The maximum Gasteiger partial charge on any atom is 0.247 e. The fourth-order valence-electron chi connectivity index (χ4n) is 4.60. The average Bonchev–Trinajstić information content (AvgIpc) is 2.67. The second-order valence-electron chi connectivity index (χ2n) is 8.97. The largest absolute Gasteiger partial charge is 0.390 e. The molecule has 2 atom stereocenters. The Morgan fingerprint density at radius 1 is 1.28 bits per heavy atom. The van der Waals surface area contributed by atoms with Gasteiger partial charge >= 0.3 is 0 Å². The van der Waals surface area contributed by atoms with Gasteiger partial charge in [-0.25, -0.2) is 4.98 Å². The van der Waals surface area contributed by atoms with Crippen molar-refractivity contribution >= 4 is 17.7 Å². The lowest BCUT2D eigenvalue weighted by Gasteiger charge is -2.38. The van der Waals surface area contributed by atoms with E-state index in [1.54, 1.807) is 19.0 Å². The molecule has 8 nitrogen and oxygen atoms in total. The first-order valence-electron chi connectivity index (χ1n) is 10.5. The molecule has 3 rings (SSSR count). The summed E-state index contributed by atoms with van der Waals surface area (Å²) in [5, 5.41) is 26.5. The van der Waals surface area contributed by atoms with E-state index in [9.17, 15) is 15.2 Å². The molecule has 1 amide bonds. The zero-order chi connectivity index (χ0) is 21.1. The number of hydrogen-bond donors (Lipinski definition) is 3. The summed E-state index contributed by atoms with van der Waals surface area (Å²) in [5.41, 5.74) is -1.06. The van der Waals surface area contributed by atoms with Crippen LogP contribution >= 0.6 is 0 Å². The number of carbonyl (C=O) groups excluding carboxylic acids is 1. The van der Waals surface area contributed by atoms with E-state index in [0.29, 0.717) is 23.8 Å². The molecule has 0 aliphatic heterocycles. The van der Waals surface area contributed by atoms with Crippen LogP contribution in [0.25, 0.3) is 0 Å². The van der Waals surface area contributed by atoms with Gasteiger partial charge < -0.3 is 20.6 Å². The van der Waals surface area contributed by atoms with E-state index >= 15 is 0 Å². The number of amides is 1. The molecule has 158 valence electrons. The summed E-state index contributed by atoms with van der Waals surface area (Å²) in [7, 11) is 3.53. The average molecular weight is 401 g/mol. The molecule has 1 heterocycles. The molecule has 0 unspecified atom stereocenters. The van der Waals surface area contributed by atoms with Gasteiger partial charge in [0.15, 0.2) is 0 Å². The van der Waals surface area contributed by atoms with Crippen LogP contribution in [0.2, 0.25) is 0 Å². The summed E-state index contributed by atoms with van der Waals surface area (Å²) in [6.45, 7) is 1.85. The molecule has 29 heavy (non-hydrogen) atoms. The molecule has 2 saturated carbocycles. The van der Waals surface area contributed by atoms with Crippen molar-refractivity contribution in [2.24, 2.45) is 0 Å². The first kappa shape index (κ1) is 21.3. The first-order valence-corrected chi connectivity index (χ1v) is 10.5. The predicted octanol–water partition coefficient (Wildman–Crippen LogP) is 2.66. The molecule has 1 aromatic rings. The van der Waals surface area contributed by atoms with Gasteiger partial charge in [0.25, 0.3) is 0 Å². The topological polar surface area (TPSA) is 114 Å². The highest BCUT2D eigenvalue weighted by Gasteiger charge is 2.41. The van der Waals surface area contributed by atoms with Crippen molar-refractivity contribution in [1.29, 1.82) is 5.26 Å². The summed E-state index contributed by atoms with van der Waals surface area (Å²) in [4.78, 5) is 23.4. The zero-order valence-electron chi connectivity index (χ0n) is 17.7. The van der Waals surface area contributed by atoms with Crippen molar-refractivity contribution < 1.29 is 9.90 Å².